The van der Waals surface area contributed by atoms with Gasteiger partial charge in [-0.15, -0.1) is 6.58 Å². The molecule has 76 valence electrons. The zero-order valence-corrected chi connectivity index (χ0v) is 8.92. The summed E-state index contributed by atoms with van der Waals surface area (Å²) in [5.41, 5.74) is 2.62. The van der Waals surface area contributed by atoms with E-state index in [9.17, 15) is 0 Å². The molecule has 1 heteroatoms. The van der Waals surface area contributed by atoms with Crippen molar-refractivity contribution in [2.75, 3.05) is 11.9 Å². The van der Waals surface area contributed by atoms with Crippen LogP contribution >= 0.6 is 0 Å². The molecule has 14 heavy (non-hydrogen) atoms. The molecular weight excluding hydrogens is 170 g/mol. The van der Waals surface area contributed by atoms with Crippen LogP contribution in [0.4, 0.5) is 5.69 Å². The summed E-state index contributed by atoms with van der Waals surface area (Å²) in [5.74, 6) is 0. The minimum absolute atomic E-state index is 0.969. The molecule has 0 amide bonds. The number of anilines is 1. The maximum atomic E-state index is 3.69. The van der Waals surface area contributed by atoms with Crippen molar-refractivity contribution in [3.63, 3.8) is 0 Å². The predicted molar refractivity (Wildman–Crippen MR) is 63.7 cm³/mol. The number of hydrogen-bond donors (Lipinski definition) is 1. The number of aryl methyl sites for hydroxylation is 1. The quantitative estimate of drug-likeness (QED) is 0.532. The second-order valence-corrected chi connectivity index (χ2v) is 3.45. The van der Waals surface area contributed by atoms with E-state index in [1.54, 1.807) is 0 Å². The van der Waals surface area contributed by atoms with E-state index >= 15 is 0 Å². The smallest absolute Gasteiger partial charge is 0.0340 e. The highest BCUT2D eigenvalue weighted by Crippen LogP contribution is 2.10. The molecule has 1 rings (SSSR count). The summed E-state index contributed by atoms with van der Waals surface area (Å²) in [4.78, 5) is 0. The molecule has 0 bridgehead atoms. The molecule has 0 radical (unpaired) electrons. The maximum absolute atomic E-state index is 3.69. The molecule has 0 aliphatic heterocycles. The van der Waals surface area contributed by atoms with Crippen LogP contribution in [0.2, 0.25) is 0 Å². The van der Waals surface area contributed by atoms with E-state index in [-0.39, 0.29) is 0 Å². The van der Waals surface area contributed by atoms with E-state index in [1.165, 1.54) is 24.1 Å². The van der Waals surface area contributed by atoms with E-state index in [0.29, 0.717) is 0 Å². The predicted octanol–water partition coefficient (Wildman–Crippen LogP) is 3.63. The van der Waals surface area contributed by atoms with Gasteiger partial charge in [0.25, 0.3) is 0 Å². The number of hydrogen-bond acceptors (Lipinski definition) is 1. The Hall–Kier alpha value is -1.24. The van der Waals surface area contributed by atoms with Crippen LogP contribution in [0.3, 0.4) is 0 Å². The van der Waals surface area contributed by atoms with Crippen molar-refractivity contribution >= 4 is 5.69 Å². The molecule has 0 aliphatic carbocycles. The number of nitrogens with one attached hydrogen (secondary N) is 1. The Morgan fingerprint density at radius 3 is 2.57 bits per heavy atom. The average molecular weight is 189 g/mol. The summed E-state index contributed by atoms with van der Waals surface area (Å²) in [6.07, 6.45) is 5.32. The van der Waals surface area contributed by atoms with Gasteiger partial charge < -0.3 is 5.32 Å². The van der Waals surface area contributed by atoms with E-state index < -0.39 is 0 Å². The molecule has 1 nitrogen and oxygen atoms in total. The second kappa shape index (κ2) is 6.25. The zero-order chi connectivity index (χ0) is 10.2. The first-order valence-electron chi connectivity index (χ1n) is 5.30. The Morgan fingerprint density at radius 2 is 2.00 bits per heavy atom. The molecule has 1 aromatic carbocycles. The molecule has 0 aliphatic rings. The van der Waals surface area contributed by atoms with Crippen LogP contribution in [-0.2, 0) is 6.42 Å². The molecule has 0 saturated carbocycles. The van der Waals surface area contributed by atoms with Gasteiger partial charge in [0.05, 0.1) is 0 Å². The summed E-state index contributed by atoms with van der Waals surface area (Å²) in [5, 5.41) is 3.34. The van der Waals surface area contributed by atoms with Crippen molar-refractivity contribution in [1.29, 1.82) is 0 Å². The Labute approximate surface area is 86.8 Å². The van der Waals surface area contributed by atoms with Crippen molar-refractivity contribution < 1.29 is 0 Å². The first-order valence-corrected chi connectivity index (χ1v) is 5.30. The van der Waals surface area contributed by atoms with Gasteiger partial charge in [-0.3, -0.25) is 0 Å². The van der Waals surface area contributed by atoms with Crippen LogP contribution in [0, 0.1) is 0 Å². The topological polar surface area (TPSA) is 12.0 Å². The molecule has 0 heterocycles. The van der Waals surface area contributed by atoms with Crippen molar-refractivity contribution in [3.8, 4) is 0 Å². The molecule has 0 fully saturated rings. The van der Waals surface area contributed by atoms with Crippen LogP contribution < -0.4 is 5.32 Å². The minimum atomic E-state index is 0.969. The molecule has 0 atom stereocenters. The molecule has 0 spiro atoms. The summed E-state index contributed by atoms with van der Waals surface area (Å²) in [6.45, 7) is 6.86. The summed E-state index contributed by atoms with van der Waals surface area (Å²) in [7, 11) is 0. The Bertz CT molecular complexity index is 261. The number of benzene rings is 1. The fourth-order valence-electron chi connectivity index (χ4n) is 1.40. The molecule has 1 aromatic rings. The SMILES string of the molecule is C=CCCNc1ccc(CCC)cc1. The number of rotatable bonds is 6. The Morgan fingerprint density at radius 1 is 1.29 bits per heavy atom. The van der Waals surface area contributed by atoms with Gasteiger partial charge in [-0.05, 0) is 30.5 Å². The van der Waals surface area contributed by atoms with E-state index in [0.717, 1.165) is 13.0 Å². The lowest BCUT2D eigenvalue weighted by Gasteiger charge is -2.05. The van der Waals surface area contributed by atoms with Crippen molar-refractivity contribution in [2.45, 2.75) is 26.2 Å². The van der Waals surface area contributed by atoms with Gasteiger partial charge in [-0.1, -0.05) is 31.6 Å². The van der Waals surface area contributed by atoms with Gasteiger partial charge in [0.15, 0.2) is 0 Å². The lowest BCUT2D eigenvalue weighted by atomic mass is 10.1. The highest BCUT2D eigenvalue weighted by atomic mass is 14.9. The zero-order valence-electron chi connectivity index (χ0n) is 8.92. The van der Waals surface area contributed by atoms with Crippen molar-refractivity contribution in [3.05, 3.63) is 42.5 Å². The first-order chi connectivity index (χ1) is 6.86. The summed E-state index contributed by atoms with van der Waals surface area (Å²) >= 11 is 0. The fraction of sp³-hybridized carbons (Fsp3) is 0.385. The van der Waals surface area contributed by atoms with Crippen LogP contribution in [0.25, 0.3) is 0 Å². The van der Waals surface area contributed by atoms with E-state index in [2.05, 4.69) is 43.1 Å². The van der Waals surface area contributed by atoms with E-state index in [4.69, 9.17) is 0 Å². The van der Waals surface area contributed by atoms with E-state index in [1.807, 2.05) is 6.08 Å². The van der Waals surface area contributed by atoms with Gasteiger partial charge in [-0.2, -0.15) is 0 Å². The maximum Gasteiger partial charge on any atom is 0.0340 e. The third kappa shape index (κ3) is 3.65. The highest BCUT2D eigenvalue weighted by molar-refractivity contribution is 5.44. The third-order valence-corrected chi connectivity index (χ3v) is 2.17. The average Bonchev–Trinajstić information content (AvgIpc) is 2.21. The van der Waals surface area contributed by atoms with Gasteiger partial charge in [0.1, 0.15) is 0 Å². The van der Waals surface area contributed by atoms with Gasteiger partial charge in [0, 0.05) is 12.2 Å². The second-order valence-electron chi connectivity index (χ2n) is 3.45. The molecular formula is C13H19N. The molecule has 0 unspecified atom stereocenters. The van der Waals surface area contributed by atoms with Crippen LogP contribution in [0.1, 0.15) is 25.3 Å². The van der Waals surface area contributed by atoms with Gasteiger partial charge >= 0.3 is 0 Å². The lowest BCUT2D eigenvalue weighted by molar-refractivity contribution is 0.922. The van der Waals surface area contributed by atoms with Crippen LogP contribution in [0.15, 0.2) is 36.9 Å². The molecule has 1 N–H and O–H groups in total. The largest absolute Gasteiger partial charge is 0.385 e. The monoisotopic (exact) mass is 189 g/mol. The Kier molecular flexibility index (Phi) is 4.84. The standard InChI is InChI=1S/C13H19N/c1-3-5-11-14-13-9-7-12(6-4-2)8-10-13/h3,7-10,14H,1,4-6,11H2,2H3. The normalized spacial score (nSPS) is 9.79. The van der Waals surface area contributed by atoms with Gasteiger partial charge in [-0.25, -0.2) is 0 Å². The third-order valence-electron chi connectivity index (χ3n) is 2.17. The molecule has 0 aromatic heterocycles. The van der Waals surface area contributed by atoms with Crippen LogP contribution in [-0.4, -0.2) is 6.54 Å². The molecule has 0 saturated heterocycles. The Balaban J connectivity index is 2.42. The van der Waals surface area contributed by atoms with Crippen molar-refractivity contribution in [2.24, 2.45) is 0 Å². The fourth-order valence-corrected chi connectivity index (χ4v) is 1.40. The minimum Gasteiger partial charge on any atom is -0.385 e. The summed E-state index contributed by atoms with van der Waals surface area (Å²) in [6, 6.07) is 8.68. The first kappa shape index (κ1) is 10.8. The highest BCUT2D eigenvalue weighted by Gasteiger charge is 1.92. The van der Waals surface area contributed by atoms with Crippen LogP contribution in [0.5, 0.6) is 0 Å². The van der Waals surface area contributed by atoms with Crippen molar-refractivity contribution in [1.82, 2.24) is 0 Å². The lowest BCUT2D eigenvalue weighted by Crippen LogP contribution is -1.99. The van der Waals surface area contributed by atoms with Gasteiger partial charge in [0.2, 0.25) is 0 Å². The summed E-state index contributed by atoms with van der Waals surface area (Å²) < 4.78 is 0.